The first-order chi connectivity index (χ1) is 10.1. The van der Waals surface area contributed by atoms with Crippen LogP contribution >= 0.6 is 0 Å². The predicted octanol–water partition coefficient (Wildman–Crippen LogP) is 1.25. The number of amides is 2. The Kier molecular flexibility index (Phi) is 5.03. The molecule has 0 aliphatic carbocycles. The van der Waals surface area contributed by atoms with Crippen molar-refractivity contribution in [3.63, 3.8) is 0 Å². The number of benzene rings is 1. The molecule has 0 saturated heterocycles. The van der Waals surface area contributed by atoms with E-state index in [9.17, 15) is 9.59 Å². The number of hydrogen-bond donors (Lipinski definition) is 3. The minimum atomic E-state index is -0.489. The van der Waals surface area contributed by atoms with Crippen LogP contribution in [0.2, 0.25) is 0 Å². The Morgan fingerprint density at radius 3 is 2.62 bits per heavy atom. The first kappa shape index (κ1) is 15.2. The number of carbonyl (C=O) groups is 2. The summed E-state index contributed by atoms with van der Waals surface area (Å²) in [6.07, 6.45) is 1.81. The maximum absolute atomic E-state index is 12.5. The molecule has 114 valence electrons. The zero-order chi connectivity index (χ0) is 15.2. The maximum Gasteiger partial charge on any atom is 0.254 e. The molecule has 0 aromatic heterocycles. The van der Waals surface area contributed by atoms with E-state index in [0.29, 0.717) is 12.1 Å². The monoisotopic (exact) mass is 290 g/mol. The first-order valence-electron chi connectivity index (χ1n) is 7.31. The van der Waals surface area contributed by atoms with Crippen molar-refractivity contribution in [2.75, 3.05) is 36.8 Å². The zero-order valence-electron chi connectivity index (χ0n) is 12.3. The molecule has 21 heavy (non-hydrogen) atoms. The Bertz CT molecular complexity index is 530. The number of primary amides is 1. The smallest absolute Gasteiger partial charge is 0.254 e. The second-order valence-corrected chi connectivity index (χ2v) is 5.16. The van der Waals surface area contributed by atoms with E-state index in [1.807, 2.05) is 19.1 Å². The van der Waals surface area contributed by atoms with Crippen molar-refractivity contribution >= 4 is 23.2 Å². The summed E-state index contributed by atoms with van der Waals surface area (Å²) in [4.78, 5) is 25.2. The van der Waals surface area contributed by atoms with Gasteiger partial charge in [-0.15, -0.1) is 0 Å². The molecule has 0 bridgehead atoms. The highest BCUT2D eigenvalue weighted by Crippen LogP contribution is 2.25. The van der Waals surface area contributed by atoms with Gasteiger partial charge in [0.05, 0.1) is 17.9 Å². The fourth-order valence-corrected chi connectivity index (χ4v) is 2.34. The van der Waals surface area contributed by atoms with Crippen LogP contribution in [0, 0.1) is 0 Å². The minimum Gasteiger partial charge on any atom is -0.382 e. The van der Waals surface area contributed by atoms with Gasteiger partial charge in [0.25, 0.3) is 5.91 Å². The highest BCUT2D eigenvalue weighted by Gasteiger charge is 2.19. The van der Waals surface area contributed by atoms with E-state index in [2.05, 4.69) is 10.6 Å². The van der Waals surface area contributed by atoms with Gasteiger partial charge in [0, 0.05) is 25.2 Å². The zero-order valence-corrected chi connectivity index (χ0v) is 12.3. The summed E-state index contributed by atoms with van der Waals surface area (Å²) in [5.74, 6) is -0.644. The van der Waals surface area contributed by atoms with Crippen LogP contribution in [0.5, 0.6) is 0 Å². The Labute approximate surface area is 124 Å². The molecule has 2 amide bonds. The van der Waals surface area contributed by atoms with E-state index in [4.69, 9.17) is 5.73 Å². The number of carbonyl (C=O) groups excluding carboxylic acids is 2. The second kappa shape index (κ2) is 6.97. The third kappa shape index (κ3) is 3.87. The van der Waals surface area contributed by atoms with Crippen molar-refractivity contribution in [1.82, 2.24) is 4.90 Å². The molecule has 2 rings (SSSR count). The van der Waals surface area contributed by atoms with Gasteiger partial charge in [-0.1, -0.05) is 13.3 Å². The molecule has 1 aromatic rings. The molecular formula is C15H22N4O2. The molecule has 0 unspecified atom stereocenters. The lowest BCUT2D eigenvalue weighted by Crippen LogP contribution is -2.39. The fourth-order valence-electron chi connectivity index (χ4n) is 2.34. The van der Waals surface area contributed by atoms with Crippen LogP contribution in [-0.2, 0) is 4.79 Å². The number of fused-ring (bicyclic) bond motifs is 1. The third-order valence-corrected chi connectivity index (χ3v) is 3.44. The molecule has 0 atom stereocenters. The molecule has 0 fully saturated rings. The van der Waals surface area contributed by atoms with Crippen LogP contribution in [0.1, 0.15) is 30.1 Å². The Morgan fingerprint density at radius 2 is 1.95 bits per heavy atom. The predicted molar refractivity (Wildman–Crippen MR) is 83.4 cm³/mol. The van der Waals surface area contributed by atoms with Gasteiger partial charge in [-0.3, -0.25) is 9.59 Å². The van der Waals surface area contributed by atoms with E-state index in [0.717, 1.165) is 37.3 Å². The second-order valence-electron chi connectivity index (χ2n) is 5.16. The number of rotatable bonds is 6. The summed E-state index contributed by atoms with van der Waals surface area (Å²) < 4.78 is 0. The molecule has 0 radical (unpaired) electrons. The van der Waals surface area contributed by atoms with Crippen molar-refractivity contribution in [1.29, 1.82) is 0 Å². The van der Waals surface area contributed by atoms with Crippen molar-refractivity contribution in [3.05, 3.63) is 23.8 Å². The van der Waals surface area contributed by atoms with Gasteiger partial charge >= 0.3 is 0 Å². The highest BCUT2D eigenvalue weighted by molar-refractivity contribution is 5.98. The van der Waals surface area contributed by atoms with Crippen LogP contribution in [0.25, 0.3) is 0 Å². The number of nitrogens with one attached hydrogen (secondary N) is 2. The lowest BCUT2D eigenvalue weighted by atomic mass is 10.1. The molecule has 1 aromatic carbocycles. The highest BCUT2D eigenvalue weighted by atomic mass is 16.2. The van der Waals surface area contributed by atoms with Crippen LogP contribution in [-0.4, -0.2) is 42.9 Å². The van der Waals surface area contributed by atoms with Gasteiger partial charge in [0.1, 0.15) is 0 Å². The molecule has 6 heteroatoms. The van der Waals surface area contributed by atoms with Gasteiger partial charge < -0.3 is 21.3 Å². The molecule has 0 spiro atoms. The maximum atomic E-state index is 12.5. The molecule has 1 aliphatic rings. The van der Waals surface area contributed by atoms with Gasteiger partial charge in [-0.2, -0.15) is 0 Å². The molecule has 4 N–H and O–H groups in total. The number of anilines is 2. The number of nitrogens with two attached hydrogens (primary N) is 1. The van der Waals surface area contributed by atoms with E-state index in [1.54, 1.807) is 6.07 Å². The lowest BCUT2D eigenvalue weighted by Gasteiger charge is -2.23. The van der Waals surface area contributed by atoms with E-state index in [-0.39, 0.29) is 12.5 Å². The van der Waals surface area contributed by atoms with Crippen LogP contribution in [0.3, 0.4) is 0 Å². The first-order valence-corrected chi connectivity index (χ1v) is 7.31. The Hall–Kier alpha value is -2.24. The van der Waals surface area contributed by atoms with Crippen molar-refractivity contribution in [2.45, 2.75) is 19.8 Å². The summed E-state index contributed by atoms with van der Waals surface area (Å²) >= 11 is 0. The summed E-state index contributed by atoms with van der Waals surface area (Å²) in [6.45, 7) is 4.24. The molecule has 1 heterocycles. The molecule has 6 nitrogen and oxygen atoms in total. The van der Waals surface area contributed by atoms with Gasteiger partial charge in [0.15, 0.2) is 0 Å². The van der Waals surface area contributed by atoms with Crippen molar-refractivity contribution < 1.29 is 9.59 Å². The topological polar surface area (TPSA) is 87.5 Å². The van der Waals surface area contributed by atoms with E-state index >= 15 is 0 Å². The summed E-state index contributed by atoms with van der Waals surface area (Å²) in [5, 5.41) is 6.52. The van der Waals surface area contributed by atoms with Crippen LogP contribution in [0.4, 0.5) is 11.4 Å². The summed E-state index contributed by atoms with van der Waals surface area (Å²) in [7, 11) is 0. The number of nitrogens with zero attached hydrogens (tertiary/aromatic N) is 1. The minimum absolute atomic E-state index is 0.0401. The number of unbranched alkanes of at least 4 members (excludes halogenated alkanes) is 1. The Balaban J connectivity index is 2.17. The normalized spacial score (nSPS) is 12.8. The van der Waals surface area contributed by atoms with Crippen molar-refractivity contribution in [2.24, 2.45) is 5.73 Å². The lowest BCUT2D eigenvalue weighted by molar-refractivity contribution is -0.118. The summed E-state index contributed by atoms with van der Waals surface area (Å²) in [6, 6.07) is 5.49. The van der Waals surface area contributed by atoms with Crippen LogP contribution < -0.4 is 16.4 Å². The summed E-state index contributed by atoms with van der Waals surface area (Å²) in [5.41, 5.74) is 7.72. The van der Waals surface area contributed by atoms with E-state index < -0.39 is 5.91 Å². The molecular weight excluding hydrogens is 268 g/mol. The number of hydrogen-bond acceptors (Lipinski definition) is 4. The average Bonchev–Trinajstić information content (AvgIpc) is 2.50. The molecule has 1 aliphatic heterocycles. The SMILES string of the molecule is CCCCN(CC(N)=O)C(=O)c1ccc2c(c1)NCCN2. The van der Waals surface area contributed by atoms with E-state index in [1.165, 1.54) is 4.90 Å². The van der Waals surface area contributed by atoms with Crippen LogP contribution in [0.15, 0.2) is 18.2 Å². The standard InChI is InChI=1S/C15H22N4O2/c1-2-3-8-19(10-14(16)20)15(21)11-4-5-12-13(9-11)18-7-6-17-12/h4-5,9,17-18H,2-3,6-8,10H2,1H3,(H2,16,20). The van der Waals surface area contributed by atoms with Gasteiger partial charge in [0.2, 0.25) is 5.91 Å². The largest absolute Gasteiger partial charge is 0.382 e. The average molecular weight is 290 g/mol. The fraction of sp³-hybridized carbons (Fsp3) is 0.467. The quantitative estimate of drug-likeness (QED) is 0.736. The Morgan fingerprint density at radius 1 is 1.24 bits per heavy atom. The third-order valence-electron chi connectivity index (χ3n) is 3.44. The van der Waals surface area contributed by atoms with Gasteiger partial charge in [-0.05, 0) is 24.6 Å². The van der Waals surface area contributed by atoms with Gasteiger partial charge in [-0.25, -0.2) is 0 Å². The van der Waals surface area contributed by atoms with Crippen molar-refractivity contribution in [3.8, 4) is 0 Å². The molecule has 0 saturated carbocycles.